The second-order valence-electron chi connectivity index (χ2n) is 2.46. The molecule has 0 radical (unpaired) electrons. The van der Waals surface area contributed by atoms with Gasteiger partial charge in [-0.2, -0.15) is 0 Å². The molecule has 0 aromatic heterocycles. The number of rotatable bonds is 0. The number of nitrogens with one attached hydrogen (secondary N) is 1. The fourth-order valence-corrected chi connectivity index (χ4v) is 1.05. The summed E-state index contributed by atoms with van der Waals surface area (Å²) < 4.78 is 0. The highest BCUT2D eigenvalue weighted by Crippen LogP contribution is 2.00. The van der Waals surface area contributed by atoms with Gasteiger partial charge in [-0.25, -0.2) is 0 Å². The lowest BCUT2D eigenvalue weighted by Gasteiger charge is -2.04. The van der Waals surface area contributed by atoms with Crippen molar-refractivity contribution < 1.29 is 0 Å². The Hall–Kier alpha value is 0.500. The molecular formula is C6H16Cl2N2. The van der Waals surface area contributed by atoms with Crippen LogP contribution in [0.15, 0.2) is 0 Å². The summed E-state index contributed by atoms with van der Waals surface area (Å²) in [5.41, 5.74) is 5.67. The van der Waals surface area contributed by atoms with Crippen molar-refractivity contribution in [2.24, 2.45) is 5.73 Å². The van der Waals surface area contributed by atoms with Gasteiger partial charge in [0.2, 0.25) is 0 Å². The van der Waals surface area contributed by atoms with Crippen LogP contribution < -0.4 is 11.1 Å². The molecule has 0 unspecified atom stereocenters. The number of halogens is 2. The van der Waals surface area contributed by atoms with Crippen LogP contribution in [-0.2, 0) is 0 Å². The Balaban J connectivity index is 0. The molecule has 0 bridgehead atoms. The summed E-state index contributed by atoms with van der Waals surface area (Å²) in [6, 6.07) is 0.414. The van der Waals surface area contributed by atoms with E-state index in [0.717, 1.165) is 13.1 Å². The van der Waals surface area contributed by atoms with Crippen molar-refractivity contribution in [3.8, 4) is 0 Å². The highest BCUT2D eigenvalue weighted by Gasteiger charge is 2.04. The third-order valence-electron chi connectivity index (χ3n) is 1.58. The summed E-state index contributed by atoms with van der Waals surface area (Å²) in [5.74, 6) is 0. The second kappa shape index (κ2) is 7.61. The first-order valence-corrected chi connectivity index (χ1v) is 3.36. The summed E-state index contributed by atoms with van der Waals surface area (Å²) in [4.78, 5) is 0. The maximum Gasteiger partial charge on any atom is 0.0165 e. The van der Waals surface area contributed by atoms with Crippen molar-refractivity contribution in [2.75, 3.05) is 13.1 Å². The van der Waals surface area contributed by atoms with Gasteiger partial charge in [-0.1, -0.05) is 6.42 Å². The summed E-state index contributed by atoms with van der Waals surface area (Å²) in [6.45, 7) is 2.17. The Morgan fingerprint density at radius 3 is 2.60 bits per heavy atom. The van der Waals surface area contributed by atoms with Crippen LogP contribution in [-0.4, -0.2) is 19.1 Å². The minimum Gasteiger partial charge on any atom is -0.327 e. The lowest BCUT2D eigenvalue weighted by atomic mass is 10.2. The molecule has 0 amide bonds. The molecule has 0 saturated carbocycles. The van der Waals surface area contributed by atoms with Crippen molar-refractivity contribution in [3.63, 3.8) is 0 Å². The maximum atomic E-state index is 5.67. The summed E-state index contributed by atoms with van der Waals surface area (Å²) >= 11 is 0. The van der Waals surface area contributed by atoms with Crippen LogP contribution in [0.1, 0.15) is 19.3 Å². The molecular weight excluding hydrogens is 171 g/mol. The molecule has 1 fully saturated rings. The molecule has 1 rings (SSSR count). The van der Waals surface area contributed by atoms with E-state index in [4.69, 9.17) is 5.73 Å². The molecule has 1 aliphatic rings. The first kappa shape index (κ1) is 13.1. The average molecular weight is 187 g/mol. The maximum absolute atomic E-state index is 5.67. The monoisotopic (exact) mass is 186 g/mol. The summed E-state index contributed by atoms with van der Waals surface area (Å²) in [5, 5.41) is 3.27. The topological polar surface area (TPSA) is 38.0 Å². The Morgan fingerprint density at radius 2 is 1.90 bits per heavy atom. The fraction of sp³-hybridized carbons (Fsp3) is 1.00. The van der Waals surface area contributed by atoms with Crippen LogP contribution in [0.3, 0.4) is 0 Å². The van der Waals surface area contributed by atoms with Gasteiger partial charge in [0.1, 0.15) is 0 Å². The van der Waals surface area contributed by atoms with E-state index in [-0.39, 0.29) is 24.8 Å². The molecule has 0 aromatic carbocycles. The highest BCUT2D eigenvalue weighted by atomic mass is 35.5. The van der Waals surface area contributed by atoms with E-state index in [2.05, 4.69) is 5.32 Å². The van der Waals surface area contributed by atoms with Crippen LogP contribution in [0.5, 0.6) is 0 Å². The molecule has 4 heteroatoms. The van der Waals surface area contributed by atoms with E-state index in [1.165, 1.54) is 19.3 Å². The lowest BCUT2D eigenvalue weighted by molar-refractivity contribution is 0.600. The zero-order valence-corrected chi connectivity index (χ0v) is 7.64. The molecule has 64 valence electrons. The van der Waals surface area contributed by atoms with E-state index >= 15 is 0 Å². The number of nitrogens with two attached hydrogens (primary N) is 1. The van der Waals surface area contributed by atoms with Gasteiger partial charge < -0.3 is 11.1 Å². The quantitative estimate of drug-likeness (QED) is 0.592. The predicted molar refractivity (Wildman–Crippen MR) is 49.2 cm³/mol. The molecule has 0 aliphatic carbocycles. The number of hydrogen-bond donors (Lipinski definition) is 2. The smallest absolute Gasteiger partial charge is 0.0165 e. The van der Waals surface area contributed by atoms with Gasteiger partial charge >= 0.3 is 0 Å². The minimum absolute atomic E-state index is 0. The Labute approximate surface area is 74.8 Å². The second-order valence-corrected chi connectivity index (χ2v) is 2.46. The van der Waals surface area contributed by atoms with E-state index in [0.29, 0.717) is 6.04 Å². The molecule has 0 spiro atoms. The third kappa shape index (κ3) is 5.30. The minimum atomic E-state index is 0. The van der Waals surface area contributed by atoms with E-state index in [1.54, 1.807) is 0 Å². The highest BCUT2D eigenvalue weighted by molar-refractivity contribution is 5.85. The normalized spacial score (nSPS) is 25.5. The Kier molecular flexibility index (Phi) is 9.97. The number of hydrogen-bond acceptors (Lipinski definition) is 2. The van der Waals surface area contributed by atoms with Crippen LogP contribution in [0.2, 0.25) is 0 Å². The average Bonchev–Trinajstić information content (AvgIpc) is 1.94. The van der Waals surface area contributed by atoms with Gasteiger partial charge in [0, 0.05) is 12.6 Å². The Morgan fingerprint density at radius 1 is 1.20 bits per heavy atom. The van der Waals surface area contributed by atoms with Gasteiger partial charge in [0.15, 0.2) is 0 Å². The third-order valence-corrected chi connectivity index (χ3v) is 1.58. The van der Waals surface area contributed by atoms with E-state index in [1.807, 2.05) is 0 Å². The van der Waals surface area contributed by atoms with E-state index < -0.39 is 0 Å². The molecule has 1 aliphatic heterocycles. The SMILES string of the molecule is Cl.Cl.N[C@@H]1CCCCNC1. The van der Waals surface area contributed by atoms with E-state index in [9.17, 15) is 0 Å². The standard InChI is InChI=1S/C6H14N2.2ClH/c7-6-3-1-2-4-8-5-6;;/h6,8H,1-5,7H2;2*1H/t6-;;/m1../s1. The zero-order valence-electron chi connectivity index (χ0n) is 6.01. The molecule has 1 atom stereocenters. The predicted octanol–water partition coefficient (Wildman–Crippen LogP) is 0.931. The molecule has 1 saturated heterocycles. The molecule has 3 N–H and O–H groups in total. The van der Waals surface area contributed by atoms with Crippen molar-refractivity contribution in [1.29, 1.82) is 0 Å². The lowest BCUT2D eigenvalue weighted by Crippen LogP contribution is -2.31. The first-order valence-electron chi connectivity index (χ1n) is 3.36. The van der Waals surface area contributed by atoms with Gasteiger partial charge in [-0.3, -0.25) is 0 Å². The molecule has 1 heterocycles. The zero-order chi connectivity index (χ0) is 5.82. The van der Waals surface area contributed by atoms with Gasteiger partial charge in [0.25, 0.3) is 0 Å². The molecule has 10 heavy (non-hydrogen) atoms. The summed E-state index contributed by atoms with van der Waals surface area (Å²) in [6.07, 6.45) is 3.80. The fourth-order valence-electron chi connectivity index (χ4n) is 1.05. The molecule has 2 nitrogen and oxygen atoms in total. The van der Waals surface area contributed by atoms with Crippen molar-refractivity contribution >= 4 is 24.8 Å². The van der Waals surface area contributed by atoms with Gasteiger partial charge in [-0.05, 0) is 19.4 Å². The van der Waals surface area contributed by atoms with Crippen molar-refractivity contribution in [3.05, 3.63) is 0 Å². The van der Waals surface area contributed by atoms with Crippen molar-refractivity contribution in [2.45, 2.75) is 25.3 Å². The first-order chi connectivity index (χ1) is 3.89. The van der Waals surface area contributed by atoms with Crippen LogP contribution >= 0.6 is 24.8 Å². The molecule has 0 aromatic rings. The van der Waals surface area contributed by atoms with Gasteiger partial charge in [-0.15, -0.1) is 24.8 Å². The van der Waals surface area contributed by atoms with Crippen LogP contribution in [0, 0.1) is 0 Å². The van der Waals surface area contributed by atoms with Crippen molar-refractivity contribution in [1.82, 2.24) is 5.32 Å². The van der Waals surface area contributed by atoms with Crippen LogP contribution in [0.4, 0.5) is 0 Å². The summed E-state index contributed by atoms with van der Waals surface area (Å²) in [7, 11) is 0. The Bertz CT molecular complexity index is 62.8. The van der Waals surface area contributed by atoms with Crippen LogP contribution in [0.25, 0.3) is 0 Å². The van der Waals surface area contributed by atoms with Gasteiger partial charge in [0.05, 0.1) is 0 Å². The largest absolute Gasteiger partial charge is 0.327 e.